The molecule has 0 bridgehead atoms. The maximum absolute atomic E-state index is 13.8. The summed E-state index contributed by atoms with van der Waals surface area (Å²) in [6, 6.07) is 17.5. The number of pyridine rings is 1. The first-order valence-corrected chi connectivity index (χ1v) is 9.81. The van der Waals surface area contributed by atoms with E-state index in [4.69, 9.17) is 4.74 Å². The number of ether oxygens (including phenoxy) is 1. The summed E-state index contributed by atoms with van der Waals surface area (Å²) in [5.74, 6) is -1.42. The van der Waals surface area contributed by atoms with Crippen LogP contribution in [0.15, 0.2) is 72.9 Å². The molecule has 0 aliphatic carbocycles. The van der Waals surface area contributed by atoms with E-state index in [1.165, 1.54) is 17.0 Å². The lowest BCUT2D eigenvalue weighted by Crippen LogP contribution is -2.28. The molecule has 2 heterocycles. The predicted molar refractivity (Wildman–Crippen MR) is 109 cm³/mol. The van der Waals surface area contributed by atoms with Gasteiger partial charge in [-0.3, -0.25) is 19.5 Å². The number of hydrogen-bond donors (Lipinski definition) is 0. The van der Waals surface area contributed by atoms with E-state index in [-0.39, 0.29) is 31.2 Å². The van der Waals surface area contributed by atoms with E-state index in [9.17, 15) is 18.8 Å². The Bertz CT molecular complexity index is 1100. The van der Waals surface area contributed by atoms with E-state index in [1.807, 2.05) is 0 Å². The highest BCUT2D eigenvalue weighted by molar-refractivity contribution is 6.01. The van der Waals surface area contributed by atoms with Crippen LogP contribution < -0.4 is 0 Å². The Morgan fingerprint density at radius 1 is 1.00 bits per heavy atom. The van der Waals surface area contributed by atoms with Crippen molar-refractivity contribution < 1.29 is 23.5 Å². The summed E-state index contributed by atoms with van der Waals surface area (Å²) < 4.78 is 19.4. The summed E-state index contributed by atoms with van der Waals surface area (Å²) >= 11 is 0. The highest BCUT2D eigenvalue weighted by Crippen LogP contribution is 2.26. The lowest BCUT2D eigenvalue weighted by Gasteiger charge is -2.18. The number of imide groups is 1. The van der Waals surface area contributed by atoms with Gasteiger partial charge in [-0.05, 0) is 42.0 Å². The van der Waals surface area contributed by atoms with Crippen LogP contribution in [-0.4, -0.2) is 27.7 Å². The van der Waals surface area contributed by atoms with Crippen LogP contribution in [0.25, 0.3) is 0 Å². The number of halogens is 1. The molecule has 1 unspecified atom stereocenters. The molecule has 1 aliphatic rings. The Hall–Kier alpha value is -3.87. The van der Waals surface area contributed by atoms with Crippen molar-refractivity contribution in [2.24, 2.45) is 0 Å². The molecule has 4 rings (SSSR count). The fraction of sp³-hybridized carbons (Fsp3) is 0.167. The number of carbonyl (C=O) groups excluding carboxylic acids is 3. The number of rotatable bonds is 6. The Balaban J connectivity index is 1.52. The van der Waals surface area contributed by atoms with Crippen LogP contribution in [0.2, 0.25) is 0 Å². The van der Waals surface area contributed by atoms with Gasteiger partial charge in [-0.2, -0.15) is 0 Å². The van der Waals surface area contributed by atoms with Crippen molar-refractivity contribution in [1.82, 2.24) is 9.88 Å². The molecule has 0 spiro atoms. The summed E-state index contributed by atoms with van der Waals surface area (Å²) in [6.07, 6.45) is 1.17. The molecule has 0 saturated carbocycles. The molecule has 7 heteroatoms. The Morgan fingerprint density at radius 2 is 1.74 bits per heavy atom. The van der Waals surface area contributed by atoms with Crippen molar-refractivity contribution in [2.45, 2.75) is 25.5 Å². The number of esters is 1. The molecule has 31 heavy (non-hydrogen) atoms. The van der Waals surface area contributed by atoms with E-state index in [2.05, 4.69) is 4.98 Å². The molecule has 1 atom stereocenters. The van der Waals surface area contributed by atoms with Crippen molar-refractivity contribution in [2.75, 3.05) is 0 Å². The third-order valence-corrected chi connectivity index (χ3v) is 5.02. The van der Waals surface area contributed by atoms with Crippen LogP contribution in [0, 0.1) is 5.82 Å². The largest absolute Gasteiger partial charge is 0.447 e. The van der Waals surface area contributed by atoms with Gasteiger partial charge in [-0.25, -0.2) is 9.18 Å². The predicted octanol–water partition coefficient (Wildman–Crippen LogP) is 3.82. The van der Waals surface area contributed by atoms with Gasteiger partial charge in [0.1, 0.15) is 5.82 Å². The average Bonchev–Trinajstić information content (AvgIpc) is 3.10. The number of likely N-dealkylation sites (tertiary alicyclic amines) is 1. The molecule has 1 fully saturated rings. The van der Waals surface area contributed by atoms with Gasteiger partial charge in [-0.1, -0.05) is 30.3 Å². The van der Waals surface area contributed by atoms with Gasteiger partial charge >= 0.3 is 5.97 Å². The van der Waals surface area contributed by atoms with Crippen molar-refractivity contribution in [3.63, 3.8) is 0 Å². The number of aromatic nitrogens is 1. The van der Waals surface area contributed by atoms with Crippen molar-refractivity contribution in [1.29, 1.82) is 0 Å². The zero-order chi connectivity index (χ0) is 21.8. The fourth-order valence-corrected chi connectivity index (χ4v) is 3.40. The summed E-state index contributed by atoms with van der Waals surface area (Å²) in [5.41, 5.74) is 1.96. The van der Waals surface area contributed by atoms with E-state index in [1.54, 1.807) is 60.8 Å². The van der Waals surface area contributed by atoms with Gasteiger partial charge in [0.15, 0.2) is 6.10 Å². The summed E-state index contributed by atoms with van der Waals surface area (Å²) in [6.45, 7) is 0.173. The average molecular weight is 418 g/mol. The smallest absolute Gasteiger partial charge is 0.339 e. The number of hydrogen-bond acceptors (Lipinski definition) is 5. The molecule has 3 aromatic rings. The minimum absolute atomic E-state index is 0.173. The number of nitrogens with zero attached hydrogens (tertiary/aromatic N) is 2. The second-order valence-corrected chi connectivity index (χ2v) is 7.17. The van der Waals surface area contributed by atoms with E-state index < -0.39 is 17.9 Å². The first-order valence-electron chi connectivity index (χ1n) is 9.81. The lowest BCUT2D eigenvalue weighted by atomic mass is 10.1. The third-order valence-electron chi connectivity index (χ3n) is 5.02. The Kier molecular flexibility index (Phi) is 5.84. The van der Waals surface area contributed by atoms with E-state index in [0.29, 0.717) is 16.8 Å². The molecular weight excluding hydrogens is 399 g/mol. The Labute approximate surface area is 178 Å². The molecule has 6 nitrogen and oxygen atoms in total. The van der Waals surface area contributed by atoms with Gasteiger partial charge in [0, 0.05) is 24.6 Å². The van der Waals surface area contributed by atoms with Crippen molar-refractivity contribution in [3.05, 3.63) is 101 Å². The van der Waals surface area contributed by atoms with Crippen LogP contribution in [-0.2, 0) is 20.9 Å². The second-order valence-electron chi connectivity index (χ2n) is 7.17. The van der Waals surface area contributed by atoms with Gasteiger partial charge in [0.05, 0.1) is 17.8 Å². The zero-order valence-corrected chi connectivity index (χ0v) is 16.5. The third kappa shape index (κ3) is 4.66. The van der Waals surface area contributed by atoms with Crippen LogP contribution in [0.1, 0.15) is 46.1 Å². The second kappa shape index (κ2) is 8.87. The lowest BCUT2D eigenvalue weighted by molar-refractivity contribution is -0.139. The fourth-order valence-electron chi connectivity index (χ4n) is 3.40. The summed E-state index contributed by atoms with van der Waals surface area (Å²) in [7, 11) is 0. The molecule has 1 aromatic heterocycles. The molecule has 2 aromatic carbocycles. The van der Waals surface area contributed by atoms with Crippen molar-refractivity contribution in [3.8, 4) is 0 Å². The maximum atomic E-state index is 13.8. The Morgan fingerprint density at radius 3 is 2.39 bits per heavy atom. The number of benzene rings is 2. The standard InChI is InChI=1S/C24H19FN2O4/c25-19-5-3-4-18(14-19)23(20-6-1-2-13-26-20)31-24(30)17-9-7-16(8-10-17)15-27-21(28)11-12-22(27)29/h1-10,13-14,23H,11-12,15H2. The van der Waals surface area contributed by atoms with Crippen molar-refractivity contribution >= 4 is 17.8 Å². The first kappa shape index (κ1) is 20.4. The molecule has 2 amide bonds. The minimum atomic E-state index is -0.871. The SMILES string of the molecule is O=C(OC(c1cccc(F)c1)c1ccccn1)c1ccc(CN2C(=O)CCC2=O)cc1. The highest BCUT2D eigenvalue weighted by Gasteiger charge is 2.28. The molecule has 1 saturated heterocycles. The topological polar surface area (TPSA) is 76.6 Å². The monoisotopic (exact) mass is 418 g/mol. The van der Waals surface area contributed by atoms with Crippen LogP contribution >= 0.6 is 0 Å². The number of carbonyl (C=O) groups is 3. The van der Waals surface area contributed by atoms with E-state index >= 15 is 0 Å². The molecule has 0 N–H and O–H groups in total. The van der Waals surface area contributed by atoms with Crippen LogP contribution in [0.4, 0.5) is 4.39 Å². The van der Waals surface area contributed by atoms with Gasteiger partial charge in [0.25, 0.3) is 0 Å². The first-order chi connectivity index (χ1) is 15.0. The maximum Gasteiger partial charge on any atom is 0.339 e. The molecule has 156 valence electrons. The van der Waals surface area contributed by atoms with Gasteiger partial charge < -0.3 is 4.74 Å². The summed E-state index contributed by atoms with van der Waals surface area (Å²) in [4.78, 5) is 41.8. The quantitative estimate of drug-likeness (QED) is 0.449. The molecule has 0 radical (unpaired) electrons. The zero-order valence-electron chi connectivity index (χ0n) is 16.5. The highest BCUT2D eigenvalue weighted by atomic mass is 19.1. The van der Waals surface area contributed by atoms with Crippen LogP contribution in [0.5, 0.6) is 0 Å². The molecule has 1 aliphatic heterocycles. The normalized spacial score (nSPS) is 14.5. The summed E-state index contributed by atoms with van der Waals surface area (Å²) in [5, 5.41) is 0. The van der Waals surface area contributed by atoms with Gasteiger partial charge in [0.2, 0.25) is 11.8 Å². The van der Waals surface area contributed by atoms with Gasteiger partial charge in [-0.15, -0.1) is 0 Å². The molecular formula is C24H19FN2O4. The minimum Gasteiger partial charge on any atom is -0.447 e. The van der Waals surface area contributed by atoms with E-state index in [0.717, 1.165) is 5.56 Å². The van der Waals surface area contributed by atoms with Crippen LogP contribution in [0.3, 0.4) is 0 Å². The number of amides is 2.